The number of hydrogen-bond donors (Lipinski definition) is 1. The Bertz CT molecular complexity index is 289. The van der Waals surface area contributed by atoms with Gasteiger partial charge in [0, 0.05) is 25.5 Å². The highest BCUT2D eigenvalue weighted by molar-refractivity contribution is 4.90. The molecule has 0 amide bonds. The van der Waals surface area contributed by atoms with Crippen LogP contribution >= 0.6 is 0 Å². The maximum absolute atomic E-state index is 4.24. The van der Waals surface area contributed by atoms with E-state index in [1.165, 1.54) is 6.42 Å². The van der Waals surface area contributed by atoms with Crippen LogP contribution in [0.25, 0.3) is 0 Å². The second-order valence-corrected chi connectivity index (χ2v) is 4.94. The molecule has 0 bridgehead atoms. The van der Waals surface area contributed by atoms with Gasteiger partial charge in [-0.05, 0) is 25.3 Å². The van der Waals surface area contributed by atoms with E-state index in [1.54, 1.807) is 0 Å². The zero-order valence-corrected chi connectivity index (χ0v) is 10.4. The van der Waals surface area contributed by atoms with E-state index < -0.39 is 0 Å². The molecule has 1 aromatic heterocycles. The van der Waals surface area contributed by atoms with Crippen molar-refractivity contribution in [1.29, 1.82) is 0 Å². The van der Waals surface area contributed by atoms with Gasteiger partial charge in [0.15, 0.2) is 0 Å². The van der Waals surface area contributed by atoms with E-state index in [0.717, 1.165) is 25.5 Å². The summed E-state index contributed by atoms with van der Waals surface area (Å²) in [5.74, 6) is 1.10. The van der Waals surface area contributed by atoms with Gasteiger partial charge in [-0.25, -0.2) is 4.98 Å². The molecule has 0 unspecified atom stereocenters. The third-order valence-electron chi connectivity index (χ3n) is 2.55. The van der Waals surface area contributed by atoms with Crippen LogP contribution in [-0.2, 0) is 6.54 Å². The number of nitrogens with zero attached hydrogens (tertiary/aromatic N) is 2. The Morgan fingerprint density at radius 2 is 2.20 bits per heavy atom. The third-order valence-corrected chi connectivity index (χ3v) is 2.55. The normalized spacial score (nSPS) is 12.0. The second-order valence-electron chi connectivity index (χ2n) is 4.94. The van der Waals surface area contributed by atoms with Crippen LogP contribution in [0.1, 0.15) is 33.0 Å². The van der Waals surface area contributed by atoms with Crippen LogP contribution in [0.2, 0.25) is 0 Å². The number of rotatable bonds is 6. The van der Waals surface area contributed by atoms with Crippen LogP contribution in [0, 0.1) is 12.3 Å². The highest BCUT2D eigenvalue weighted by atomic mass is 15.1. The molecule has 0 spiro atoms. The fourth-order valence-corrected chi connectivity index (χ4v) is 1.69. The van der Waals surface area contributed by atoms with Crippen molar-refractivity contribution < 1.29 is 0 Å². The highest BCUT2D eigenvalue weighted by Crippen LogP contribution is 2.17. The van der Waals surface area contributed by atoms with Crippen molar-refractivity contribution >= 4 is 0 Å². The Hall–Kier alpha value is -0.830. The number of hydrogen-bond acceptors (Lipinski definition) is 2. The molecule has 0 saturated carbocycles. The minimum absolute atomic E-state index is 0.278. The zero-order valence-electron chi connectivity index (χ0n) is 10.4. The van der Waals surface area contributed by atoms with Gasteiger partial charge in [-0.3, -0.25) is 0 Å². The molecule has 1 rings (SSSR count). The summed E-state index contributed by atoms with van der Waals surface area (Å²) in [4.78, 5) is 4.24. The van der Waals surface area contributed by atoms with Gasteiger partial charge in [0.1, 0.15) is 5.82 Å². The fourth-order valence-electron chi connectivity index (χ4n) is 1.69. The third kappa shape index (κ3) is 4.04. The first-order chi connectivity index (χ1) is 7.05. The molecule has 3 nitrogen and oxygen atoms in total. The lowest BCUT2D eigenvalue weighted by Crippen LogP contribution is -2.33. The van der Waals surface area contributed by atoms with E-state index >= 15 is 0 Å². The summed E-state index contributed by atoms with van der Waals surface area (Å²) >= 11 is 0. The van der Waals surface area contributed by atoms with E-state index in [1.807, 2.05) is 6.20 Å². The van der Waals surface area contributed by atoms with Crippen LogP contribution < -0.4 is 5.32 Å². The Labute approximate surface area is 92.9 Å². The van der Waals surface area contributed by atoms with Crippen LogP contribution in [0.4, 0.5) is 0 Å². The lowest BCUT2D eigenvalue weighted by atomic mass is 9.93. The molecule has 1 heterocycles. The van der Waals surface area contributed by atoms with Crippen LogP contribution in [-0.4, -0.2) is 22.6 Å². The van der Waals surface area contributed by atoms with Crippen LogP contribution in [0.15, 0.2) is 12.4 Å². The summed E-state index contributed by atoms with van der Waals surface area (Å²) in [6, 6.07) is 0. The van der Waals surface area contributed by atoms with Crippen molar-refractivity contribution in [1.82, 2.24) is 14.9 Å². The van der Waals surface area contributed by atoms with E-state index in [2.05, 4.69) is 48.8 Å². The average Bonchev–Trinajstić information content (AvgIpc) is 2.51. The Morgan fingerprint density at radius 1 is 1.47 bits per heavy atom. The van der Waals surface area contributed by atoms with E-state index in [9.17, 15) is 0 Å². The van der Waals surface area contributed by atoms with Crippen molar-refractivity contribution in [2.24, 2.45) is 5.41 Å². The quantitative estimate of drug-likeness (QED) is 0.728. The molecule has 0 atom stereocenters. The van der Waals surface area contributed by atoms with Gasteiger partial charge < -0.3 is 9.88 Å². The van der Waals surface area contributed by atoms with Gasteiger partial charge in [-0.2, -0.15) is 0 Å². The molecule has 0 aliphatic heterocycles. The largest absolute Gasteiger partial charge is 0.335 e. The maximum Gasteiger partial charge on any atom is 0.105 e. The van der Waals surface area contributed by atoms with Gasteiger partial charge in [-0.15, -0.1) is 0 Å². The van der Waals surface area contributed by atoms with Crippen LogP contribution in [0.3, 0.4) is 0 Å². The van der Waals surface area contributed by atoms with E-state index in [-0.39, 0.29) is 5.41 Å². The van der Waals surface area contributed by atoms with Gasteiger partial charge in [-0.1, -0.05) is 20.8 Å². The SMILES string of the molecule is CCCNCC(C)(C)Cn1ccnc1C. The first-order valence-corrected chi connectivity index (χ1v) is 5.73. The molecule has 0 aliphatic carbocycles. The number of imidazole rings is 1. The molecule has 0 aliphatic rings. The molecule has 1 N–H and O–H groups in total. The topological polar surface area (TPSA) is 29.9 Å². The van der Waals surface area contributed by atoms with Gasteiger partial charge in [0.25, 0.3) is 0 Å². The van der Waals surface area contributed by atoms with Crippen molar-refractivity contribution in [3.63, 3.8) is 0 Å². The smallest absolute Gasteiger partial charge is 0.105 e. The lowest BCUT2D eigenvalue weighted by molar-refractivity contribution is 0.287. The number of aromatic nitrogens is 2. The molecule has 3 heteroatoms. The molecule has 0 fully saturated rings. The summed E-state index contributed by atoms with van der Waals surface area (Å²) in [6.45, 7) is 12.0. The summed E-state index contributed by atoms with van der Waals surface area (Å²) in [5.41, 5.74) is 0.278. The first kappa shape index (κ1) is 12.2. The number of aryl methyl sites for hydroxylation is 1. The Balaban J connectivity index is 2.45. The second kappa shape index (κ2) is 5.31. The highest BCUT2D eigenvalue weighted by Gasteiger charge is 2.18. The van der Waals surface area contributed by atoms with Crippen molar-refractivity contribution in [3.05, 3.63) is 18.2 Å². The maximum atomic E-state index is 4.24. The Kier molecular flexibility index (Phi) is 4.33. The summed E-state index contributed by atoms with van der Waals surface area (Å²) in [5, 5.41) is 3.47. The van der Waals surface area contributed by atoms with Gasteiger partial charge >= 0.3 is 0 Å². The van der Waals surface area contributed by atoms with Crippen molar-refractivity contribution in [2.75, 3.05) is 13.1 Å². The van der Waals surface area contributed by atoms with Gasteiger partial charge in [0.2, 0.25) is 0 Å². The van der Waals surface area contributed by atoms with Crippen molar-refractivity contribution in [2.45, 2.75) is 40.7 Å². The molecule has 0 aromatic carbocycles. The lowest BCUT2D eigenvalue weighted by Gasteiger charge is -2.26. The fraction of sp³-hybridized carbons (Fsp3) is 0.750. The van der Waals surface area contributed by atoms with E-state index in [4.69, 9.17) is 0 Å². The van der Waals surface area contributed by atoms with Crippen LogP contribution in [0.5, 0.6) is 0 Å². The zero-order chi connectivity index (χ0) is 11.3. The van der Waals surface area contributed by atoms with E-state index in [0.29, 0.717) is 0 Å². The molecule has 1 aromatic rings. The molecule has 0 saturated heterocycles. The predicted octanol–water partition coefficient (Wildman–Crippen LogP) is 2.22. The molecule has 86 valence electrons. The summed E-state index contributed by atoms with van der Waals surface area (Å²) in [6.07, 6.45) is 5.11. The summed E-state index contributed by atoms with van der Waals surface area (Å²) in [7, 11) is 0. The Morgan fingerprint density at radius 3 is 2.73 bits per heavy atom. The standard InChI is InChI=1S/C12H23N3/c1-5-6-13-9-12(3,4)10-15-8-7-14-11(15)2/h7-8,13H,5-6,9-10H2,1-4H3. The molecular formula is C12H23N3. The molecule has 15 heavy (non-hydrogen) atoms. The monoisotopic (exact) mass is 209 g/mol. The number of nitrogens with one attached hydrogen (secondary N) is 1. The first-order valence-electron chi connectivity index (χ1n) is 5.73. The predicted molar refractivity (Wildman–Crippen MR) is 63.9 cm³/mol. The average molecular weight is 209 g/mol. The summed E-state index contributed by atoms with van der Waals surface area (Å²) < 4.78 is 2.22. The minimum atomic E-state index is 0.278. The minimum Gasteiger partial charge on any atom is -0.335 e. The van der Waals surface area contributed by atoms with Gasteiger partial charge in [0.05, 0.1) is 0 Å². The van der Waals surface area contributed by atoms with Crippen molar-refractivity contribution in [3.8, 4) is 0 Å². The molecule has 0 radical (unpaired) electrons. The molecular weight excluding hydrogens is 186 g/mol.